The fourth-order valence-electron chi connectivity index (χ4n) is 3.63. The summed E-state index contributed by atoms with van der Waals surface area (Å²) in [5.74, 6) is 1.31. The molecule has 9 heteroatoms. The van der Waals surface area contributed by atoms with E-state index in [9.17, 15) is 18.0 Å². The lowest BCUT2D eigenvalue weighted by Gasteiger charge is -2.35. The van der Waals surface area contributed by atoms with Crippen LogP contribution in [0.2, 0.25) is 0 Å². The number of carbonyl (C=O) groups excluding carboxylic acids is 1. The van der Waals surface area contributed by atoms with Gasteiger partial charge in [0.1, 0.15) is 11.5 Å². The summed E-state index contributed by atoms with van der Waals surface area (Å²) in [6, 6.07) is 12.1. The zero-order valence-corrected chi connectivity index (χ0v) is 18.6. The van der Waals surface area contributed by atoms with Crippen LogP contribution in [-0.4, -0.2) is 57.4 Å². The minimum absolute atomic E-state index is 0.126. The maximum Gasteiger partial charge on any atom is 0.416 e. The van der Waals surface area contributed by atoms with Crippen molar-refractivity contribution < 1.29 is 32.2 Å². The van der Waals surface area contributed by atoms with Crippen LogP contribution in [0.15, 0.2) is 48.5 Å². The van der Waals surface area contributed by atoms with Gasteiger partial charge in [0, 0.05) is 26.1 Å². The van der Waals surface area contributed by atoms with Crippen molar-refractivity contribution in [1.29, 1.82) is 0 Å². The van der Waals surface area contributed by atoms with Crippen molar-refractivity contribution in [1.82, 2.24) is 10.2 Å². The van der Waals surface area contributed by atoms with Gasteiger partial charge in [-0.15, -0.1) is 0 Å². The number of ether oxygens (including phenoxy) is 3. The zero-order valence-electron chi connectivity index (χ0n) is 18.6. The third-order valence-electron chi connectivity index (χ3n) is 5.48. The Morgan fingerprint density at radius 3 is 2.30 bits per heavy atom. The average molecular weight is 467 g/mol. The molecule has 6 nitrogen and oxygen atoms in total. The number of benzene rings is 2. The lowest BCUT2D eigenvalue weighted by molar-refractivity contribution is -0.137. The number of nitrogens with zero attached hydrogens (tertiary/aromatic N) is 1. The Labute approximate surface area is 191 Å². The summed E-state index contributed by atoms with van der Waals surface area (Å²) in [5, 5.41) is 2.92. The highest BCUT2D eigenvalue weighted by Crippen LogP contribution is 2.31. The van der Waals surface area contributed by atoms with Crippen LogP contribution in [0.25, 0.3) is 0 Å². The fourth-order valence-corrected chi connectivity index (χ4v) is 3.63. The summed E-state index contributed by atoms with van der Waals surface area (Å²) >= 11 is 0. The van der Waals surface area contributed by atoms with E-state index in [4.69, 9.17) is 14.2 Å². The molecule has 0 bridgehead atoms. The van der Waals surface area contributed by atoms with Gasteiger partial charge in [0.05, 0.1) is 38.5 Å². The number of alkyl halides is 3. The van der Waals surface area contributed by atoms with Gasteiger partial charge in [-0.05, 0) is 48.4 Å². The molecule has 1 fully saturated rings. The molecule has 1 aliphatic heterocycles. The quantitative estimate of drug-likeness (QED) is 0.535. The van der Waals surface area contributed by atoms with Gasteiger partial charge in [-0.1, -0.05) is 12.1 Å². The molecular weight excluding hydrogens is 437 g/mol. The van der Waals surface area contributed by atoms with Crippen molar-refractivity contribution in [3.8, 4) is 11.5 Å². The van der Waals surface area contributed by atoms with Gasteiger partial charge in [-0.3, -0.25) is 9.69 Å². The third kappa shape index (κ3) is 7.64. The first-order chi connectivity index (χ1) is 15.9. The molecule has 1 saturated heterocycles. The minimum Gasteiger partial charge on any atom is -0.497 e. The molecule has 0 aliphatic carbocycles. The second-order valence-electron chi connectivity index (χ2n) is 7.72. The largest absolute Gasteiger partial charge is 0.497 e. The molecule has 1 heterocycles. The van der Waals surface area contributed by atoms with Crippen molar-refractivity contribution >= 4 is 5.91 Å². The van der Waals surface area contributed by atoms with E-state index in [1.165, 1.54) is 12.1 Å². The summed E-state index contributed by atoms with van der Waals surface area (Å²) in [5.41, 5.74) is 0.0425. The minimum atomic E-state index is -4.38. The number of methoxy groups -OCH3 is 1. The molecule has 180 valence electrons. The molecule has 1 unspecified atom stereocenters. The number of morpholine rings is 1. The van der Waals surface area contributed by atoms with E-state index in [1.807, 2.05) is 0 Å². The Hall–Kier alpha value is -2.78. The van der Waals surface area contributed by atoms with E-state index in [2.05, 4.69) is 10.2 Å². The molecule has 2 aromatic carbocycles. The molecule has 1 atom stereocenters. The van der Waals surface area contributed by atoms with Gasteiger partial charge in [-0.25, -0.2) is 0 Å². The maximum atomic E-state index is 12.9. The molecule has 0 spiro atoms. The number of hydrogen-bond donors (Lipinski definition) is 1. The van der Waals surface area contributed by atoms with Crippen molar-refractivity contribution in [2.75, 3.05) is 46.6 Å². The van der Waals surface area contributed by atoms with Crippen LogP contribution in [0.4, 0.5) is 13.2 Å². The van der Waals surface area contributed by atoms with Gasteiger partial charge >= 0.3 is 6.18 Å². The van der Waals surface area contributed by atoms with Gasteiger partial charge < -0.3 is 19.5 Å². The molecule has 2 aromatic rings. The highest BCUT2D eigenvalue weighted by Gasteiger charge is 2.31. The Bertz CT molecular complexity index is 867. The third-order valence-corrected chi connectivity index (χ3v) is 5.48. The number of rotatable bonds is 10. The van der Waals surface area contributed by atoms with E-state index in [0.29, 0.717) is 58.0 Å². The Kier molecular flexibility index (Phi) is 8.96. The van der Waals surface area contributed by atoms with Gasteiger partial charge in [0.15, 0.2) is 0 Å². The molecule has 1 amide bonds. The fraction of sp³-hybridized carbons (Fsp3) is 0.458. The van der Waals surface area contributed by atoms with Crippen LogP contribution in [0.1, 0.15) is 30.0 Å². The normalized spacial score (nSPS) is 15.6. The first-order valence-corrected chi connectivity index (χ1v) is 10.9. The number of halogens is 3. The Morgan fingerprint density at radius 1 is 1.06 bits per heavy atom. The number of nitrogens with one attached hydrogen (secondary N) is 1. The van der Waals surface area contributed by atoms with Crippen LogP contribution in [0.5, 0.6) is 11.5 Å². The number of amides is 1. The van der Waals surface area contributed by atoms with Crippen molar-refractivity contribution in [2.45, 2.75) is 25.1 Å². The summed E-state index contributed by atoms with van der Waals surface area (Å²) in [4.78, 5) is 14.5. The van der Waals surface area contributed by atoms with E-state index < -0.39 is 11.7 Å². The van der Waals surface area contributed by atoms with Crippen LogP contribution >= 0.6 is 0 Å². The predicted molar refractivity (Wildman–Crippen MR) is 117 cm³/mol. The Morgan fingerprint density at radius 2 is 1.70 bits per heavy atom. The molecular formula is C24H29F3N2O4. The van der Waals surface area contributed by atoms with Gasteiger partial charge in [0.25, 0.3) is 0 Å². The van der Waals surface area contributed by atoms with Crippen LogP contribution in [-0.2, 0) is 15.7 Å². The second kappa shape index (κ2) is 11.9. The summed E-state index contributed by atoms with van der Waals surface area (Å²) in [6.07, 6.45) is -3.55. The second-order valence-corrected chi connectivity index (χ2v) is 7.72. The maximum absolute atomic E-state index is 12.9. The number of carbonyl (C=O) groups is 1. The van der Waals surface area contributed by atoms with E-state index in [-0.39, 0.29) is 11.9 Å². The molecule has 1 aliphatic rings. The molecule has 0 saturated carbocycles. The summed E-state index contributed by atoms with van der Waals surface area (Å²) in [7, 11) is 1.59. The molecule has 3 rings (SSSR count). The molecule has 1 N–H and O–H groups in total. The van der Waals surface area contributed by atoms with E-state index >= 15 is 0 Å². The van der Waals surface area contributed by atoms with Gasteiger partial charge in [0.2, 0.25) is 5.91 Å². The number of hydrogen-bond acceptors (Lipinski definition) is 5. The summed E-state index contributed by atoms with van der Waals surface area (Å²) < 4.78 is 54.9. The van der Waals surface area contributed by atoms with E-state index in [0.717, 1.165) is 23.4 Å². The van der Waals surface area contributed by atoms with Crippen LogP contribution in [0.3, 0.4) is 0 Å². The van der Waals surface area contributed by atoms with Crippen molar-refractivity contribution in [2.24, 2.45) is 0 Å². The lowest BCUT2D eigenvalue weighted by atomic mass is 10.0. The smallest absolute Gasteiger partial charge is 0.416 e. The van der Waals surface area contributed by atoms with Crippen molar-refractivity contribution in [3.63, 3.8) is 0 Å². The first-order valence-electron chi connectivity index (χ1n) is 10.9. The average Bonchev–Trinajstić information content (AvgIpc) is 2.83. The Balaban J connectivity index is 1.50. The van der Waals surface area contributed by atoms with Crippen molar-refractivity contribution in [3.05, 3.63) is 59.7 Å². The molecule has 0 radical (unpaired) electrons. The van der Waals surface area contributed by atoms with Crippen LogP contribution < -0.4 is 14.8 Å². The van der Waals surface area contributed by atoms with E-state index in [1.54, 1.807) is 31.4 Å². The van der Waals surface area contributed by atoms with Crippen LogP contribution in [0, 0.1) is 0 Å². The monoisotopic (exact) mass is 466 g/mol. The highest BCUT2D eigenvalue weighted by atomic mass is 19.4. The molecule has 0 aromatic heterocycles. The highest BCUT2D eigenvalue weighted by molar-refractivity contribution is 5.75. The predicted octanol–water partition coefficient (Wildman–Crippen LogP) is 4.06. The SMILES string of the molecule is COc1ccc(OCCCC(=O)NCC(c2ccc(C(F)(F)F)cc2)N2CCOCC2)cc1. The zero-order chi connectivity index (χ0) is 23.7. The standard InChI is InChI=1S/C24H29F3N2O4/c1-31-20-8-10-21(11-9-20)33-14-2-3-23(30)28-17-22(29-12-15-32-16-13-29)18-4-6-19(7-5-18)24(25,26)27/h4-11,22H,2-3,12-17H2,1H3,(H,28,30). The summed E-state index contributed by atoms with van der Waals surface area (Å²) in [6.45, 7) is 3.10. The topological polar surface area (TPSA) is 60.0 Å². The first kappa shape index (κ1) is 24.9. The lowest BCUT2D eigenvalue weighted by Crippen LogP contribution is -2.43. The molecule has 33 heavy (non-hydrogen) atoms. The van der Waals surface area contributed by atoms with Gasteiger partial charge in [-0.2, -0.15) is 13.2 Å².